The van der Waals surface area contributed by atoms with Crippen molar-refractivity contribution >= 4 is 29.2 Å². The molecule has 0 saturated carbocycles. The van der Waals surface area contributed by atoms with Gasteiger partial charge in [-0.15, -0.1) is 11.3 Å². The highest BCUT2D eigenvalue weighted by atomic mass is 32.1. The molecule has 2 amide bonds. The first-order valence-corrected chi connectivity index (χ1v) is 12.0. The number of carbonyl (C=O) groups excluding carboxylic acids is 2. The summed E-state index contributed by atoms with van der Waals surface area (Å²) in [6, 6.07) is 24.6. The van der Waals surface area contributed by atoms with E-state index in [0.717, 1.165) is 13.1 Å². The van der Waals surface area contributed by atoms with E-state index < -0.39 is 0 Å². The molecule has 5 rings (SSSR count). The average Bonchev–Trinajstić information content (AvgIpc) is 3.59. The maximum Gasteiger partial charge on any atom is 0.302 e. The zero-order chi connectivity index (χ0) is 23.3. The van der Waals surface area contributed by atoms with Crippen molar-refractivity contribution in [3.8, 4) is 0 Å². The largest absolute Gasteiger partial charge is 0.431 e. The molecule has 8 heteroatoms. The molecule has 2 aromatic heterocycles. The average molecular weight is 473 g/mol. The number of nitrogens with one attached hydrogen (secondary N) is 1. The normalized spacial score (nSPS) is 14.3. The minimum Gasteiger partial charge on any atom is -0.431 e. The van der Waals surface area contributed by atoms with Crippen LogP contribution in [0.5, 0.6) is 0 Å². The van der Waals surface area contributed by atoms with Gasteiger partial charge in [-0.3, -0.25) is 19.8 Å². The standard InChI is InChI=1S/C26H24N4O3S/c31-24(22-12-7-17-34-22)28-26-27-21(18-33-26)25(32)30-15-13-29(14-16-30)23(19-8-3-1-4-9-19)20-10-5-2-6-11-20/h1-12,17-18,23H,13-16H2,(H,27,28,31). The summed E-state index contributed by atoms with van der Waals surface area (Å²) in [5.74, 6) is -0.506. The molecule has 0 aliphatic carbocycles. The maximum atomic E-state index is 13.0. The molecule has 172 valence electrons. The van der Waals surface area contributed by atoms with Gasteiger partial charge in [0, 0.05) is 26.2 Å². The van der Waals surface area contributed by atoms with Gasteiger partial charge in [-0.25, -0.2) is 0 Å². The molecule has 1 aliphatic rings. The topological polar surface area (TPSA) is 78.7 Å². The van der Waals surface area contributed by atoms with E-state index in [1.165, 1.54) is 28.7 Å². The lowest BCUT2D eigenvalue weighted by Gasteiger charge is -2.39. The van der Waals surface area contributed by atoms with Crippen molar-refractivity contribution in [3.05, 3.63) is 106 Å². The summed E-state index contributed by atoms with van der Waals surface area (Å²) < 4.78 is 5.32. The number of hydrogen-bond donors (Lipinski definition) is 1. The molecule has 2 aromatic carbocycles. The lowest BCUT2D eigenvalue weighted by molar-refractivity contribution is 0.0591. The molecule has 7 nitrogen and oxygen atoms in total. The molecule has 0 bridgehead atoms. The third kappa shape index (κ3) is 4.78. The second-order valence-electron chi connectivity index (χ2n) is 8.02. The van der Waals surface area contributed by atoms with Crippen molar-refractivity contribution in [2.75, 3.05) is 31.5 Å². The lowest BCUT2D eigenvalue weighted by atomic mass is 9.96. The van der Waals surface area contributed by atoms with E-state index in [1.54, 1.807) is 17.0 Å². The molecule has 0 atom stereocenters. The Morgan fingerprint density at radius 2 is 1.53 bits per heavy atom. The molecule has 0 unspecified atom stereocenters. The van der Waals surface area contributed by atoms with E-state index in [9.17, 15) is 9.59 Å². The number of carbonyl (C=O) groups is 2. The molecular formula is C26H24N4O3S. The van der Waals surface area contributed by atoms with E-state index in [1.807, 2.05) is 17.5 Å². The predicted octanol–water partition coefficient (Wildman–Crippen LogP) is 4.54. The number of hydrogen-bond acceptors (Lipinski definition) is 6. The number of benzene rings is 2. The summed E-state index contributed by atoms with van der Waals surface area (Å²) in [6.45, 7) is 2.64. The van der Waals surface area contributed by atoms with Crippen molar-refractivity contribution in [2.24, 2.45) is 0 Å². The Hall–Kier alpha value is -3.75. The minimum atomic E-state index is -0.308. The van der Waals surface area contributed by atoms with E-state index in [-0.39, 0.29) is 29.6 Å². The van der Waals surface area contributed by atoms with Gasteiger partial charge < -0.3 is 9.32 Å². The number of oxazole rings is 1. The van der Waals surface area contributed by atoms with Gasteiger partial charge >= 0.3 is 6.01 Å². The number of nitrogens with zero attached hydrogens (tertiary/aromatic N) is 3. The molecular weight excluding hydrogens is 448 g/mol. The number of rotatable bonds is 6. The van der Waals surface area contributed by atoms with Gasteiger partial charge in [0.05, 0.1) is 10.9 Å². The monoisotopic (exact) mass is 472 g/mol. The van der Waals surface area contributed by atoms with Crippen molar-refractivity contribution in [2.45, 2.75) is 6.04 Å². The minimum absolute atomic E-state index is 0.0219. The van der Waals surface area contributed by atoms with Gasteiger partial charge in [0.2, 0.25) is 0 Å². The molecule has 1 saturated heterocycles. The van der Waals surface area contributed by atoms with Crippen molar-refractivity contribution in [1.29, 1.82) is 0 Å². The lowest BCUT2D eigenvalue weighted by Crippen LogP contribution is -2.50. The van der Waals surface area contributed by atoms with Crippen LogP contribution >= 0.6 is 11.3 Å². The van der Waals surface area contributed by atoms with Crippen LogP contribution in [0.1, 0.15) is 37.3 Å². The highest BCUT2D eigenvalue weighted by Crippen LogP contribution is 2.29. The van der Waals surface area contributed by atoms with E-state index >= 15 is 0 Å². The van der Waals surface area contributed by atoms with Crippen molar-refractivity contribution < 1.29 is 14.0 Å². The van der Waals surface area contributed by atoms with Crippen molar-refractivity contribution in [3.63, 3.8) is 0 Å². The highest BCUT2D eigenvalue weighted by molar-refractivity contribution is 7.12. The Bertz CT molecular complexity index is 1190. The van der Waals surface area contributed by atoms with Gasteiger partial charge in [-0.2, -0.15) is 4.98 Å². The SMILES string of the molecule is O=C(Nc1nc(C(=O)N2CCN(C(c3ccccc3)c3ccccc3)CC2)co1)c1cccs1. The Kier molecular flexibility index (Phi) is 6.51. The Morgan fingerprint density at radius 3 is 2.12 bits per heavy atom. The third-order valence-electron chi connectivity index (χ3n) is 5.89. The predicted molar refractivity (Wildman–Crippen MR) is 131 cm³/mol. The summed E-state index contributed by atoms with van der Waals surface area (Å²) in [5, 5.41) is 4.41. The van der Waals surface area contributed by atoms with Crippen LogP contribution in [0.4, 0.5) is 6.01 Å². The second kappa shape index (κ2) is 10.0. The van der Waals surface area contributed by atoms with Crippen LogP contribution in [0.15, 0.2) is 88.9 Å². The van der Waals surface area contributed by atoms with Gasteiger partial charge in [0.25, 0.3) is 11.8 Å². The van der Waals surface area contributed by atoms with Gasteiger partial charge in [0.1, 0.15) is 6.26 Å². The molecule has 1 aliphatic heterocycles. The fourth-order valence-corrected chi connectivity index (χ4v) is 4.84. The van der Waals surface area contributed by atoms with Gasteiger partial charge in [-0.1, -0.05) is 66.7 Å². The van der Waals surface area contributed by atoms with Crippen LogP contribution in [0.25, 0.3) is 0 Å². The number of piperazine rings is 1. The smallest absolute Gasteiger partial charge is 0.302 e. The molecule has 4 aromatic rings. The van der Waals surface area contributed by atoms with Crippen molar-refractivity contribution in [1.82, 2.24) is 14.8 Å². The summed E-state index contributed by atoms with van der Waals surface area (Å²) in [5.41, 5.74) is 2.66. The number of aromatic nitrogens is 1. The van der Waals surface area contributed by atoms with E-state index in [4.69, 9.17) is 4.42 Å². The van der Waals surface area contributed by atoms with E-state index in [0.29, 0.717) is 18.0 Å². The first-order valence-electron chi connectivity index (χ1n) is 11.1. The first-order chi connectivity index (χ1) is 16.7. The second-order valence-corrected chi connectivity index (χ2v) is 8.97. The van der Waals surface area contributed by atoms with Crippen LogP contribution in [0.3, 0.4) is 0 Å². The number of thiophene rings is 1. The zero-order valence-corrected chi connectivity index (χ0v) is 19.3. The van der Waals surface area contributed by atoms with Crippen LogP contribution in [0, 0.1) is 0 Å². The highest BCUT2D eigenvalue weighted by Gasteiger charge is 2.29. The fraction of sp³-hybridized carbons (Fsp3) is 0.192. The molecule has 3 heterocycles. The fourth-order valence-electron chi connectivity index (χ4n) is 4.23. The first kappa shape index (κ1) is 22.1. The third-order valence-corrected chi connectivity index (χ3v) is 6.75. The summed E-state index contributed by atoms with van der Waals surface area (Å²) in [4.78, 5) is 34.1. The maximum absolute atomic E-state index is 13.0. The van der Waals surface area contributed by atoms with E-state index in [2.05, 4.69) is 63.7 Å². The van der Waals surface area contributed by atoms with Gasteiger partial charge in [-0.05, 0) is 22.6 Å². The van der Waals surface area contributed by atoms with Crippen LogP contribution < -0.4 is 5.32 Å². The quantitative estimate of drug-likeness (QED) is 0.446. The van der Waals surface area contributed by atoms with Crippen LogP contribution in [-0.4, -0.2) is 52.8 Å². The van der Waals surface area contributed by atoms with Gasteiger partial charge in [0.15, 0.2) is 5.69 Å². The molecule has 34 heavy (non-hydrogen) atoms. The number of anilines is 1. The Morgan fingerprint density at radius 1 is 0.882 bits per heavy atom. The Labute approximate surface area is 201 Å². The number of amides is 2. The molecule has 0 radical (unpaired) electrons. The zero-order valence-electron chi connectivity index (χ0n) is 18.5. The van der Waals surface area contributed by atoms with Crippen LogP contribution in [-0.2, 0) is 0 Å². The molecule has 1 N–H and O–H groups in total. The summed E-state index contributed by atoms with van der Waals surface area (Å²) >= 11 is 1.32. The molecule has 0 spiro atoms. The summed E-state index contributed by atoms with van der Waals surface area (Å²) in [6.07, 6.45) is 1.30. The molecule has 1 fully saturated rings. The van der Waals surface area contributed by atoms with Crippen LogP contribution in [0.2, 0.25) is 0 Å². The Balaban J connectivity index is 1.24. The summed E-state index contributed by atoms with van der Waals surface area (Å²) in [7, 11) is 0.